The van der Waals surface area contributed by atoms with Crippen LogP contribution in [0.5, 0.6) is 0 Å². The lowest BCUT2D eigenvalue weighted by Gasteiger charge is -2.08. The number of carboxylic acids is 1. The van der Waals surface area contributed by atoms with Gasteiger partial charge in [0.2, 0.25) is 0 Å². The minimum atomic E-state index is -0.826. The van der Waals surface area contributed by atoms with Crippen molar-refractivity contribution >= 4 is 22.4 Å². The highest BCUT2D eigenvalue weighted by Gasteiger charge is 2.14. The van der Waals surface area contributed by atoms with E-state index in [1.54, 1.807) is 0 Å². The average molecular weight is 254 g/mol. The molecule has 0 amide bonds. The largest absolute Gasteiger partial charge is 0.481 e. The average Bonchev–Trinajstić information content (AvgIpc) is 2.89. The third-order valence-electron chi connectivity index (χ3n) is 3.19. The molecular formula is C12H18N2O2S. The number of carboxylic acid groups (broad SMARTS) is 1. The first-order valence-electron chi connectivity index (χ1n) is 6.14. The molecule has 0 radical (unpaired) electrons. The van der Waals surface area contributed by atoms with Crippen molar-refractivity contribution in [1.29, 1.82) is 0 Å². The molecule has 0 aliphatic heterocycles. The number of anilines is 1. The number of aromatic nitrogens is 1. The van der Waals surface area contributed by atoms with E-state index in [0.29, 0.717) is 5.69 Å². The molecule has 1 fully saturated rings. The molecule has 1 aromatic rings. The van der Waals surface area contributed by atoms with E-state index in [1.807, 2.05) is 5.38 Å². The van der Waals surface area contributed by atoms with Gasteiger partial charge < -0.3 is 10.4 Å². The van der Waals surface area contributed by atoms with Crippen molar-refractivity contribution in [2.45, 2.75) is 38.5 Å². The van der Waals surface area contributed by atoms with Gasteiger partial charge in [-0.2, -0.15) is 0 Å². The Morgan fingerprint density at radius 2 is 2.29 bits per heavy atom. The van der Waals surface area contributed by atoms with Crippen molar-refractivity contribution in [2.24, 2.45) is 5.92 Å². The summed E-state index contributed by atoms with van der Waals surface area (Å²) >= 11 is 1.49. The monoisotopic (exact) mass is 254 g/mol. The first-order chi connectivity index (χ1) is 8.24. The van der Waals surface area contributed by atoms with Gasteiger partial charge in [0.15, 0.2) is 5.13 Å². The fraction of sp³-hybridized carbons (Fsp3) is 0.667. The van der Waals surface area contributed by atoms with Gasteiger partial charge in [-0.3, -0.25) is 4.79 Å². The van der Waals surface area contributed by atoms with Gasteiger partial charge in [-0.15, -0.1) is 11.3 Å². The molecule has 4 nitrogen and oxygen atoms in total. The van der Waals surface area contributed by atoms with E-state index in [9.17, 15) is 4.79 Å². The highest BCUT2D eigenvalue weighted by atomic mass is 32.1. The number of nitrogens with one attached hydrogen (secondary N) is 1. The molecule has 0 saturated heterocycles. The van der Waals surface area contributed by atoms with Crippen LogP contribution in [0.1, 0.15) is 37.8 Å². The second-order valence-electron chi connectivity index (χ2n) is 4.58. The Morgan fingerprint density at radius 1 is 1.53 bits per heavy atom. The molecule has 1 saturated carbocycles. The van der Waals surface area contributed by atoms with Crippen LogP contribution in [0, 0.1) is 5.92 Å². The van der Waals surface area contributed by atoms with Crippen LogP contribution in [0.15, 0.2) is 5.38 Å². The van der Waals surface area contributed by atoms with E-state index in [0.717, 1.165) is 17.6 Å². The van der Waals surface area contributed by atoms with Crippen molar-refractivity contribution in [3.63, 3.8) is 0 Å². The van der Waals surface area contributed by atoms with Gasteiger partial charge in [0, 0.05) is 11.9 Å². The summed E-state index contributed by atoms with van der Waals surface area (Å²) in [5.41, 5.74) is 0.644. The molecule has 1 heterocycles. The van der Waals surface area contributed by atoms with E-state index in [1.165, 1.54) is 43.4 Å². The van der Waals surface area contributed by atoms with Gasteiger partial charge >= 0.3 is 5.97 Å². The van der Waals surface area contributed by atoms with E-state index < -0.39 is 5.97 Å². The van der Waals surface area contributed by atoms with Crippen molar-refractivity contribution in [2.75, 3.05) is 11.9 Å². The number of aliphatic carboxylic acids is 1. The van der Waals surface area contributed by atoms with Crippen LogP contribution in [0.3, 0.4) is 0 Å². The van der Waals surface area contributed by atoms with Gasteiger partial charge in [0.1, 0.15) is 0 Å². The fourth-order valence-corrected chi connectivity index (χ4v) is 3.05. The summed E-state index contributed by atoms with van der Waals surface area (Å²) < 4.78 is 0. The predicted molar refractivity (Wildman–Crippen MR) is 68.5 cm³/mol. The third-order valence-corrected chi connectivity index (χ3v) is 4.04. The fourth-order valence-electron chi connectivity index (χ4n) is 2.31. The molecule has 2 N–H and O–H groups in total. The van der Waals surface area contributed by atoms with Crippen LogP contribution in [0.25, 0.3) is 0 Å². The van der Waals surface area contributed by atoms with Crippen molar-refractivity contribution in [3.05, 3.63) is 11.1 Å². The summed E-state index contributed by atoms with van der Waals surface area (Å²) in [7, 11) is 0. The Hall–Kier alpha value is -1.10. The first kappa shape index (κ1) is 12.4. The smallest absolute Gasteiger partial charge is 0.309 e. The molecule has 0 spiro atoms. The second-order valence-corrected chi connectivity index (χ2v) is 5.44. The maximum atomic E-state index is 10.5. The van der Waals surface area contributed by atoms with Crippen LogP contribution in [-0.4, -0.2) is 22.6 Å². The minimum absolute atomic E-state index is 0.0147. The molecule has 1 aliphatic carbocycles. The van der Waals surface area contributed by atoms with Gasteiger partial charge in [-0.1, -0.05) is 25.7 Å². The van der Waals surface area contributed by atoms with E-state index in [4.69, 9.17) is 5.11 Å². The zero-order chi connectivity index (χ0) is 12.1. The number of rotatable bonds is 6. The lowest BCUT2D eigenvalue weighted by Crippen LogP contribution is -2.06. The third kappa shape index (κ3) is 4.00. The Morgan fingerprint density at radius 3 is 3.00 bits per heavy atom. The number of hydrogen-bond acceptors (Lipinski definition) is 4. The number of carbonyl (C=O) groups is 1. The zero-order valence-electron chi connectivity index (χ0n) is 9.82. The van der Waals surface area contributed by atoms with Gasteiger partial charge in [-0.05, 0) is 12.3 Å². The van der Waals surface area contributed by atoms with Crippen molar-refractivity contribution in [1.82, 2.24) is 4.98 Å². The molecule has 1 aromatic heterocycles. The van der Waals surface area contributed by atoms with Crippen LogP contribution < -0.4 is 5.32 Å². The molecule has 5 heteroatoms. The predicted octanol–water partition coefficient (Wildman–Crippen LogP) is 2.76. The van der Waals surface area contributed by atoms with E-state index in [-0.39, 0.29) is 6.42 Å². The zero-order valence-corrected chi connectivity index (χ0v) is 10.6. The second kappa shape index (κ2) is 6.00. The molecule has 0 atom stereocenters. The molecule has 0 aromatic carbocycles. The normalized spacial score (nSPS) is 16.2. The van der Waals surface area contributed by atoms with Gasteiger partial charge in [-0.25, -0.2) is 4.98 Å². The summed E-state index contributed by atoms with van der Waals surface area (Å²) in [5, 5.41) is 14.6. The molecule has 17 heavy (non-hydrogen) atoms. The highest BCUT2D eigenvalue weighted by Crippen LogP contribution is 2.27. The Balaban J connectivity index is 1.71. The van der Waals surface area contributed by atoms with Crippen LogP contribution >= 0.6 is 11.3 Å². The molecule has 1 aliphatic rings. The van der Waals surface area contributed by atoms with E-state index >= 15 is 0 Å². The summed E-state index contributed by atoms with van der Waals surface area (Å²) in [6.45, 7) is 0.949. The quantitative estimate of drug-likeness (QED) is 0.819. The SMILES string of the molecule is O=C(O)Cc1csc(NCCC2CCCC2)n1. The maximum Gasteiger partial charge on any atom is 0.309 e. The Kier molecular flexibility index (Phi) is 4.36. The van der Waals surface area contributed by atoms with Gasteiger partial charge in [0.05, 0.1) is 12.1 Å². The molecule has 0 bridgehead atoms. The molecular weight excluding hydrogens is 236 g/mol. The standard InChI is InChI=1S/C12H18N2O2S/c15-11(16)7-10-8-17-12(14-10)13-6-5-9-3-1-2-4-9/h8-9H,1-7H2,(H,13,14)(H,15,16). The van der Waals surface area contributed by atoms with Crippen LogP contribution in [0.2, 0.25) is 0 Å². The number of hydrogen-bond donors (Lipinski definition) is 2. The van der Waals surface area contributed by atoms with Crippen molar-refractivity contribution < 1.29 is 9.90 Å². The number of thiazole rings is 1. The lowest BCUT2D eigenvalue weighted by molar-refractivity contribution is -0.136. The van der Waals surface area contributed by atoms with Crippen LogP contribution in [0.4, 0.5) is 5.13 Å². The minimum Gasteiger partial charge on any atom is -0.481 e. The first-order valence-corrected chi connectivity index (χ1v) is 7.02. The van der Waals surface area contributed by atoms with Gasteiger partial charge in [0.25, 0.3) is 0 Å². The summed E-state index contributed by atoms with van der Waals surface area (Å²) in [6, 6.07) is 0. The molecule has 2 rings (SSSR count). The summed E-state index contributed by atoms with van der Waals surface area (Å²) in [5.74, 6) is 0.0498. The topological polar surface area (TPSA) is 62.2 Å². The highest BCUT2D eigenvalue weighted by molar-refractivity contribution is 7.13. The summed E-state index contributed by atoms with van der Waals surface area (Å²) in [4.78, 5) is 14.8. The molecule has 0 unspecified atom stereocenters. The summed E-state index contributed by atoms with van der Waals surface area (Å²) in [6.07, 6.45) is 6.71. The van der Waals surface area contributed by atoms with Crippen molar-refractivity contribution in [3.8, 4) is 0 Å². The van der Waals surface area contributed by atoms with Crippen LogP contribution in [-0.2, 0) is 11.2 Å². The number of nitrogens with zero attached hydrogens (tertiary/aromatic N) is 1. The Labute approximate surface area is 105 Å². The Bertz CT molecular complexity index is 372. The lowest BCUT2D eigenvalue weighted by atomic mass is 10.0. The van der Waals surface area contributed by atoms with E-state index in [2.05, 4.69) is 10.3 Å². The molecule has 94 valence electrons. The maximum absolute atomic E-state index is 10.5.